The molecular formula is C18H23N3O2. The SMILES string of the molecule is Cc1cc(C(C)O)cn1-c1ccc(C2NNC(=O)CC2C)cc1. The van der Waals surface area contributed by atoms with Crippen LogP contribution in [-0.4, -0.2) is 15.6 Å². The third kappa shape index (κ3) is 3.16. The van der Waals surface area contributed by atoms with Gasteiger partial charge in [0, 0.05) is 24.0 Å². The molecule has 1 saturated heterocycles. The maximum absolute atomic E-state index is 11.4. The third-order valence-electron chi connectivity index (χ3n) is 4.49. The van der Waals surface area contributed by atoms with Crippen LogP contribution in [0.25, 0.3) is 5.69 Å². The van der Waals surface area contributed by atoms with Crippen molar-refractivity contribution < 1.29 is 9.90 Å². The van der Waals surface area contributed by atoms with Gasteiger partial charge in [-0.1, -0.05) is 19.1 Å². The van der Waals surface area contributed by atoms with Crippen molar-refractivity contribution in [3.63, 3.8) is 0 Å². The molecule has 0 radical (unpaired) electrons. The molecule has 1 aliphatic heterocycles. The molecule has 0 saturated carbocycles. The van der Waals surface area contributed by atoms with Crippen LogP contribution in [0.4, 0.5) is 0 Å². The highest BCUT2D eigenvalue weighted by Crippen LogP contribution is 2.28. The summed E-state index contributed by atoms with van der Waals surface area (Å²) in [5, 5.41) is 9.72. The maximum atomic E-state index is 11.4. The zero-order valence-corrected chi connectivity index (χ0v) is 13.7. The smallest absolute Gasteiger partial charge is 0.234 e. The van der Waals surface area contributed by atoms with E-state index in [9.17, 15) is 9.90 Å². The van der Waals surface area contributed by atoms with Gasteiger partial charge in [-0.2, -0.15) is 0 Å². The Labute approximate surface area is 136 Å². The van der Waals surface area contributed by atoms with Gasteiger partial charge in [0.05, 0.1) is 12.1 Å². The molecule has 0 spiro atoms. The van der Waals surface area contributed by atoms with E-state index in [0.717, 1.165) is 22.5 Å². The average Bonchev–Trinajstić information content (AvgIpc) is 2.90. The minimum Gasteiger partial charge on any atom is -0.389 e. The fourth-order valence-corrected chi connectivity index (χ4v) is 3.12. The van der Waals surface area contributed by atoms with E-state index in [0.29, 0.717) is 6.42 Å². The number of nitrogens with one attached hydrogen (secondary N) is 2. The molecule has 5 heteroatoms. The largest absolute Gasteiger partial charge is 0.389 e. The molecule has 5 nitrogen and oxygen atoms in total. The van der Waals surface area contributed by atoms with E-state index in [2.05, 4.69) is 46.6 Å². The molecule has 3 rings (SSSR count). The third-order valence-corrected chi connectivity index (χ3v) is 4.49. The van der Waals surface area contributed by atoms with Crippen molar-refractivity contribution >= 4 is 5.91 Å². The van der Waals surface area contributed by atoms with Gasteiger partial charge in [0.2, 0.25) is 5.91 Å². The van der Waals surface area contributed by atoms with Crippen LogP contribution in [0, 0.1) is 12.8 Å². The van der Waals surface area contributed by atoms with Gasteiger partial charge in [0.25, 0.3) is 0 Å². The topological polar surface area (TPSA) is 66.3 Å². The zero-order chi connectivity index (χ0) is 16.6. The van der Waals surface area contributed by atoms with Crippen molar-refractivity contribution in [2.75, 3.05) is 0 Å². The van der Waals surface area contributed by atoms with Gasteiger partial charge in [-0.05, 0) is 49.1 Å². The Morgan fingerprint density at radius 3 is 2.57 bits per heavy atom. The summed E-state index contributed by atoms with van der Waals surface area (Å²) in [4.78, 5) is 11.4. The lowest BCUT2D eigenvalue weighted by Gasteiger charge is -2.30. The average molecular weight is 313 g/mol. The van der Waals surface area contributed by atoms with Gasteiger partial charge in [-0.25, -0.2) is 5.43 Å². The van der Waals surface area contributed by atoms with Crippen molar-refractivity contribution in [3.05, 3.63) is 53.3 Å². The number of hydrogen-bond donors (Lipinski definition) is 3. The number of carbonyl (C=O) groups is 1. The molecule has 0 aliphatic carbocycles. The lowest BCUT2D eigenvalue weighted by atomic mass is 9.91. The van der Waals surface area contributed by atoms with E-state index in [4.69, 9.17) is 0 Å². The number of aromatic nitrogens is 1. The number of hydrogen-bond acceptors (Lipinski definition) is 3. The Balaban J connectivity index is 1.83. The number of rotatable bonds is 3. The van der Waals surface area contributed by atoms with Crippen molar-refractivity contribution in [1.82, 2.24) is 15.4 Å². The number of carbonyl (C=O) groups excluding carboxylic acids is 1. The Morgan fingerprint density at radius 2 is 2.00 bits per heavy atom. The molecule has 1 fully saturated rings. The summed E-state index contributed by atoms with van der Waals surface area (Å²) in [5.74, 6) is 0.295. The summed E-state index contributed by atoms with van der Waals surface area (Å²) in [6.45, 7) is 5.88. The minimum absolute atomic E-state index is 0.0407. The molecule has 1 aromatic carbocycles. The summed E-state index contributed by atoms with van der Waals surface area (Å²) in [6.07, 6.45) is 2.04. The molecule has 3 unspecified atom stereocenters. The van der Waals surface area contributed by atoms with Crippen LogP contribution in [0.3, 0.4) is 0 Å². The Hall–Kier alpha value is -2.11. The quantitative estimate of drug-likeness (QED) is 0.816. The molecule has 1 aromatic heterocycles. The predicted molar refractivity (Wildman–Crippen MR) is 88.9 cm³/mol. The molecule has 122 valence electrons. The first kappa shape index (κ1) is 15.8. The summed E-state index contributed by atoms with van der Waals surface area (Å²) in [5.41, 5.74) is 10.0. The first-order valence-electron chi connectivity index (χ1n) is 7.97. The van der Waals surface area contributed by atoms with Gasteiger partial charge < -0.3 is 9.67 Å². The van der Waals surface area contributed by atoms with Crippen molar-refractivity contribution in [2.45, 2.75) is 39.3 Å². The van der Waals surface area contributed by atoms with Crippen molar-refractivity contribution in [3.8, 4) is 5.69 Å². The Kier molecular flexibility index (Phi) is 4.24. The van der Waals surface area contributed by atoms with Crippen LogP contribution in [0.2, 0.25) is 0 Å². The molecule has 3 atom stereocenters. The standard InChI is InChI=1S/C18H23N3O2/c1-11-8-17(23)19-20-18(11)14-4-6-16(7-5-14)21-10-15(13(3)22)9-12(21)2/h4-7,9-11,13,18,20,22H,8H2,1-3H3,(H,19,23). The van der Waals surface area contributed by atoms with Crippen LogP contribution in [0.5, 0.6) is 0 Å². The second kappa shape index (κ2) is 6.18. The molecule has 1 amide bonds. The Bertz CT molecular complexity index is 704. The van der Waals surface area contributed by atoms with Crippen LogP contribution in [-0.2, 0) is 4.79 Å². The Morgan fingerprint density at radius 1 is 1.30 bits per heavy atom. The summed E-state index contributed by atoms with van der Waals surface area (Å²) < 4.78 is 2.07. The van der Waals surface area contributed by atoms with E-state index in [1.165, 1.54) is 0 Å². The summed E-state index contributed by atoms with van der Waals surface area (Å²) in [6, 6.07) is 10.4. The van der Waals surface area contributed by atoms with Crippen LogP contribution in [0.1, 0.15) is 49.2 Å². The van der Waals surface area contributed by atoms with Crippen molar-refractivity contribution in [2.24, 2.45) is 5.92 Å². The molecule has 23 heavy (non-hydrogen) atoms. The number of nitrogens with zero attached hydrogens (tertiary/aromatic N) is 1. The normalized spacial score (nSPS) is 22.7. The number of benzene rings is 1. The number of hydrazine groups is 1. The van der Waals surface area contributed by atoms with E-state index < -0.39 is 6.10 Å². The second-order valence-electron chi connectivity index (χ2n) is 6.40. The van der Waals surface area contributed by atoms with Gasteiger partial charge in [0.1, 0.15) is 0 Å². The van der Waals surface area contributed by atoms with Gasteiger partial charge in [-0.3, -0.25) is 10.2 Å². The maximum Gasteiger partial charge on any atom is 0.234 e. The van der Waals surface area contributed by atoms with Crippen LogP contribution in [0.15, 0.2) is 36.5 Å². The minimum atomic E-state index is -0.467. The molecule has 3 N–H and O–H groups in total. The highest BCUT2D eigenvalue weighted by atomic mass is 16.3. The highest BCUT2D eigenvalue weighted by Gasteiger charge is 2.26. The lowest BCUT2D eigenvalue weighted by Crippen LogP contribution is -2.48. The first-order valence-corrected chi connectivity index (χ1v) is 7.97. The van der Waals surface area contributed by atoms with E-state index in [1.54, 1.807) is 6.92 Å². The van der Waals surface area contributed by atoms with Gasteiger partial charge in [-0.15, -0.1) is 0 Å². The van der Waals surface area contributed by atoms with Gasteiger partial charge >= 0.3 is 0 Å². The fourth-order valence-electron chi connectivity index (χ4n) is 3.12. The summed E-state index contributed by atoms with van der Waals surface area (Å²) >= 11 is 0. The second-order valence-corrected chi connectivity index (χ2v) is 6.40. The van der Waals surface area contributed by atoms with E-state index in [1.807, 2.05) is 19.2 Å². The van der Waals surface area contributed by atoms with E-state index >= 15 is 0 Å². The fraction of sp³-hybridized carbons (Fsp3) is 0.389. The molecule has 0 bridgehead atoms. The van der Waals surface area contributed by atoms with E-state index in [-0.39, 0.29) is 17.9 Å². The monoisotopic (exact) mass is 313 g/mol. The number of aliphatic hydroxyl groups is 1. The molecule has 2 heterocycles. The molecule has 1 aliphatic rings. The number of aliphatic hydroxyl groups excluding tert-OH is 1. The number of amides is 1. The summed E-state index contributed by atoms with van der Waals surface area (Å²) in [7, 11) is 0. The first-order chi connectivity index (χ1) is 11.0. The van der Waals surface area contributed by atoms with Crippen molar-refractivity contribution in [1.29, 1.82) is 0 Å². The van der Waals surface area contributed by atoms with Gasteiger partial charge in [0.15, 0.2) is 0 Å². The van der Waals surface area contributed by atoms with Crippen LogP contribution < -0.4 is 10.9 Å². The lowest BCUT2D eigenvalue weighted by molar-refractivity contribution is -0.125. The van der Waals surface area contributed by atoms with Crippen LogP contribution >= 0.6 is 0 Å². The molecule has 2 aromatic rings. The number of aryl methyl sites for hydroxylation is 1. The predicted octanol–water partition coefficient (Wildman–Crippen LogP) is 2.54. The highest BCUT2D eigenvalue weighted by molar-refractivity contribution is 5.76. The zero-order valence-electron chi connectivity index (χ0n) is 13.7. The molecular weight excluding hydrogens is 290 g/mol.